The maximum atomic E-state index is 9.60. The lowest BCUT2D eigenvalue weighted by molar-refractivity contribution is -0.133. The number of nitrogens with two attached hydrogens (primary N) is 1. The summed E-state index contributed by atoms with van der Waals surface area (Å²) < 4.78 is 8.68. The Morgan fingerprint density at radius 3 is 1.33 bits per heavy atom. The summed E-state index contributed by atoms with van der Waals surface area (Å²) in [5.74, 6) is -1.87. The molecule has 0 bridgehead atoms. The molecule has 0 radical (unpaired) electrons. The van der Waals surface area contributed by atoms with E-state index in [-0.39, 0.29) is 11.1 Å². The van der Waals surface area contributed by atoms with Crippen LogP contribution in [-0.4, -0.2) is 48.1 Å². The Bertz CT molecular complexity index is 311. The highest BCUT2D eigenvalue weighted by Crippen LogP contribution is 1.84. The molecule has 0 atom stereocenters. The maximum absolute atomic E-state index is 9.60. The molecule has 4 N–H and O–H groups in total. The third kappa shape index (κ3) is 46.4. The second kappa shape index (κ2) is 15.7. The molecule has 1 saturated heterocycles. The first-order valence-corrected chi connectivity index (χ1v) is 5.83. The number of ether oxygens (including phenoxy) is 2. The van der Waals surface area contributed by atoms with Crippen LogP contribution in [0.3, 0.4) is 0 Å². The van der Waals surface area contributed by atoms with Gasteiger partial charge >= 0.3 is 18.0 Å². The Labute approximate surface area is 123 Å². The predicted molar refractivity (Wildman–Crippen MR) is 76.9 cm³/mol. The standard InChI is InChI=1S/2C4H6O2.C3H7NO2.C2H4O/c2*1-3(2)4(5)6;1-2-6-3(4)5;1-2-3-1/h2*1H2,2H3,(H,5,6);2H2,1H3,(H2,4,5);1-2H2. The molecule has 0 aromatic carbocycles. The molecule has 21 heavy (non-hydrogen) atoms. The van der Waals surface area contributed by atoms with Crippen molar-refractivity contribution in [3.8, 4) is 0 Å². The monoisotopic (exact) mass is 305 g/mol. The van der Waals surface area contributed by atoms with Crippen molar-refractivity contribution >= 4 is 18.0 Å². The Kier molecular flexibility index (Phi) is 17.7. The van der Waals surface area contributed by atoms with Gasteiger partial charge in [0.25, 0.3) is 0 Å². The van der Waals surface area contributed by atoms with Gasteiger partial charge in [-0.1, -0.05) is 13.2 Å². The van der Waals surface area contributed by atoms with Gasteiger partial charge in [0.05, 0.1) is 19.8 Å². The van der Waals surface area contributed by atoms with Crippen LogP contribution in [0, 0.1) is 0 Å². The first-order valence-electron chi connectivity index (χ1n) is 5.83. The van der Waals surface area contributed by atoms with Crippen molar-refractivity contribution in [2.75, 3.05) is 19.8 Å². The molecule has 122 valence electrons. The highest BCUT2D eigenvalue weighted by atomic mass is 16.6. The van der Waals surface area contributed by atoms with E-state index in [2.05, 4.69) is 28.4 Å². The van der Waals surface area contributed by atoms with Crippen LogP contribution in [0.2, 0.25) is 0 Å². The van der Waals surface area contributed by atoms with Crippen molar-refractivity contribution in [1.29, 1.82) is 0 Å². The van der Waals surface area contributed by atoms with Gasteiger partial charge in [-0.2, -0.15) is 0 Å². The Morgan fingerprint density at radius 1 is 1.10 bits per heavy atom. The smallest absolute Gasteiger partial charge is 0.404 e. The predicted octanol–water partition coefficient (Wildman–Crippen LogP) is 1.41. The fourth-order valence-corrected chi connectivity index (χ4v) is 0.142. The number of carboxylic acids is 2. The zero-order valence-corrected chi connectivity index (χ0v) is 12.5. The van der Waals surface area contributed by atoms with Gasteiger partial charge in [0.1, 0.15) is 0 Å². The highest BCUT2D eigenvalue weighted by Gasteiger charge is 1.94. The van der Waals surface area contributed by atoms with Gasteiger partial charge in [-0.3, -0.25) is 0 Å². The Balaban J connectivity index is -0.000000210. The van der Waals surface area contributed by atoms with E-state index in [9.17, 15) is 14.4 Å². The molecule has 0 spiro atoms. The number of carbonyl (C=O) groups excluding carboxylic acids is 1. The minimum absolute atomic E-state index is 0.176. The quantitative estimate of drug-likeness (QED) is 0.529. The number of carbonyl (C=O) groups is 3. The number of aliphatic carboxylic acids is 2. The van der Waals surface area contributed by atoms with Crippen LogP contribution in [0.5, 0.6) is 0 Å². The number of carboxylic acid groups (broad SMARTS) is 2. The molecule has 1 fully saturated rings. The van der Waals surface area contributed by atoms with Crippen molar-refractivity contribution in [3.05, 3.63) is 24.3 Å². The van der Waals surface area contributed by atoms with Gasteiger partial charge in [-0.05, 0) is 20.8 Å². The maximum Gasteiger partial charge on any atom is 0.404 e. The fourth-order valence-electron chi connectivity index (χ4n) is 0.142. The van der Waals surface area contributed by atoms with E-state index in [0.717, 1.165) is 13.2 Å². The van der Waals surface area contributed by atoms with Crippen molar-refractivity contribution in [2.24, 2.45) is 5.73 Å². The third-order valence-corrected chi connectivity index (χ3v) is 1.22. The molecule has 0 unspecified atom stereocenters. The van der Waals surface area contributed by atoms with Gasteiger partial charge in [0, 0.05) is 11.1 Å². The zero-order chi connectivity index (χ0) is 17.4. The van der Waals surface area contributed by atoms with Crippen LogP contribution < -0.4 is 5.73 Å². The van der Waals surface area contributed by atoms with Crippen LogP contribution in [-0.2, 0) is 19.1 Å². The van der Waals surface area contributed by atoms with Crippen LogP contribution in [0.4, 0.5) is 4.79 Å². The molecular weight excluding hydrogens is 282 g/mol. The van der Waals surface area contributed by atoms with Gasteiger partial charge in [-0.25, -0.2) is 14.4 Å². The molecule has 8 nitrogen and oxygen atoms in total. The van der Waals surface area contributed by atoms with Crippen LogP contribution in [0.25, 0.3) is 0 Å². The molecule has 1 heterocycles. The molecule has 1 aliphatic heterocycles. The van der Waals surface area contributed by atoms with E-state index in [1.54, 1.807) is 6.92 Å². The van der Waals surface area contributed by atoms with Gasteiger partial charge in [0.2, 0.25) is 0 Å². The lowest BCUT2D eigenvalue weighted by Crippen LogP contribution is -2.11. The Hall–Kier alpha value is -2.35. The third-order valence-electron chi connectivity index (χ3n) is 1.22. The molecule has 1 aliphatic rings. The molecule has 0 aromatic heterocycles. The number of hydrogen-bond acceptors (Lipinski definition) is 5. The van der Waals surface area contributed by atoms with Gasteiger partial charge in [-0.15, -0.1) is 0 Å². The van der Waals surface area contributed by atoms with E-state index in [1.807, 2.05) is 0 Å². The average Bonchev–Trinajstić information content (AvgIpc) is 3.17. The average molecular weight is 305 g/mol. The molecular formula is C13H23NO7. The summed E-state index contributed by atoms with van der Waals surface area (Å²) in [6.45, 7) is 13.3. The van der Waals surface area contributed by atoms with Crippen LogP contribution in [0.1, 0.15) is 20.8 Å². The van der Waals surface area contributed by atoms with E-state index in [4.69, 9.17) is 10.2 Å². The topological polar surface area (TPSA) is 139 Å². The summed E-state index contributed by atoms with van der Waals surface area (Å²) in [6, 6.07) is 0. The minimum Gasteiger partial charge on any atom is -0.478 e. The zero-order valence-electron chi connectivity index (χ0n) is 12.5. The van der Waals surface area contributed by atoms with Gasteiger partial charge < -0.3 is 25.4 Å². The summed E-state index contributed by atoms with van der Waals surface area (Å²) in [7, 11) is 0. The number of hydrogen-bond donors (Lipinski definition) is 3. The normalized spacial score (nSPS) is 9.86. The summed E-state index contributed by atoms with van der Waals surface area (Å²) in [5, 5.41) is 15.8. The summed E-state index contributed by atoms with van der Waals surface area (Å²) in [4.78, 5) is 28.8. The van der Waals surface area contributed by atoms with E-state index in [0.29, 0.717) is 6.61 Å². The molecule has 0 aromatic rings. The lowest BCUT2D eigenvalue weighted by atomic mass is 10.4. The SMILES string of the molecule is C1CO1.C=C(C)C(=O)O.C=C(C)C(=O)O.CCOC(N)=O. The molecule has 0 aliphatic carbocycles. The molecule has 1 amide bonds. The molecule has 0 saturated carbocycles. The summed E-state index contributed by atoms with van der Waals surface area (Å²) >= 11 is 0. The number of amides is 1. The number of rotatable bonds is 3. The van der Waals surface area contributed by atoms with Crippen molar-refractivity contribution in [3.63, 3.8) is 0 Å². The molecule has 8 heteroatoms. The van der Waals surface area contributed by atoms with Crippen LogP contribution >= 0.6 is 0 Å². The number of primary amides is 1. The first-order chi connectivity index (χ1) is 9.56. The van der Waals surface area contributed by atoms with Crippen molar-refractivity contribution in [2.45, 2.75) is 20.8 Å². The Morgan fingerprint density at radius 2 is 1.33 bits per heavy atom. The minimum atomic E-state index is -0.935. The first kappa shape index (κ1) is 23.7. The van der Waals surface area contributed by atoms with Crippen molar-refractivity contribution < 1.29 is 34.1 Å². The summed E-state index contributed by atoms with van der Waals surface area (Å²) in [5.41, 5.74) is 4.89. The van der Waals surface area contributed by atoms with Gasteiger partial charge in [0.15, 0.2) is 0 Å². The fraction of sp³-hybridized carbons (Fsp3) is 0.462. The van der Waals surface area contributed by atoms with E-state index < -0.39 is 18.0 Å². The van der Waals surface area contributed by atoms with Crippen molar-refractivity contribution in [1.82, 2.24) is 0 Å². The van der Waals surface area contributed by atoms with Crippen LogP contribution in [0.15, 0.2) is 24.3 Å². The molecule has 1 rings (SSSR count). The second-order valence-electron chi connectivity index (χ2n) is 3.54. The lowest BCUT2D eigenvalue weighted by Gasteiger charge is -1.89. The van der Waals surface area contributed by atoms with E-state index in [1.165, 1.54) is 13.8 Å². The number of epoxide rings is 1. The highest BCUT2D eigenvalue weighted by molar-refractivity contribution is 5.85. The summed E-state index contributed by atoms with van der Waals surface area (Å²) in [6.07, 6.45) is -0.711. The largest absolute Gasteiger partial charge is 0.478 e. The second-order valence-corrected chi connectivity index (χ2v) is 3.54. The van der Waals surface area contributed by atoms with E-state index >= 15 is 0 Å².